The first-order chi connectivity index (χ1) is 9.41. The minimum Gasteiger partial charge on any atom is -0.247 e. The van der Waals surface area contributed by atoms with Crippen molar-refractivity contribution in [1.82, 2.24) is 0 Å². The summed E-state index contributed by atoms with van der Waals surface area (Å²) in [4.78, 5) is 0. The van der Waals surface area contributed by atoms with Crippen molar-refractivity contribution in [2.75, 3.05) is 35.5 Å². The van der Waals surface area contributed by atoms with E-state index >= 15 is 0 Å². The summed E-state index contributed by atoms with van der Waals surface area (Å²) in [6.45, 7) is 0. The molecular formula is C14H30OS4. The average Bonchev–Trinajstić information content (AvgIpc) is 2.43. The molecule has 0 saturated carbocycles. The molecule has 5 heteroatoms. The summed E-state index contributed by atoms with van der Waals surface area (Å²) in [5.74, 6) is 4.94. The first-order valence-corrected chi connectivity index (χ1v) is 11.9. The van der Waals surface area contributed by atoms with E-state index in [1.54, 1.807) is 24.1 Å². The maximum Gasteiger partial charge on any atom is 0.0210 e. The highest BCUT2D eigenvalue weighted by Gasteiger charge is 1.95. The number of rotatable bonds is 16. The van der Waals surface area contributed by atoms with Crippen LogP contribution in [0.25, 0.3) is 0 Å². The van der Waals surface area contributed by atoms with Crippen molar-refractivity contribution >= 4 is 47.6 Å². The van der Waals surface area contributed by atoms with Gasteiger partial charge in [0.2, 0.25) is 0 Å². The van der Waals surface area contributed by atoms with Gasteiger partial charge in [0.1, 0.15) is 0 Å². The highest BCUT2D eigenvalue weighted by atomic mass is 32.2. The topological polar surface area (TPSA) is 9.23 Å². The minimum absolute atomic E-state index is 1.15. The van der Waals surface area contributed by atoms with Crippen LogP contribution in [0.15, 0.2) is 0 Å². The SMILES string of the molecule is CSCCCCCCSOSCCCCCCSC. The van der Waals surface area contributed by atoms with Crippen LogP contribution >= 0.6 is 47.6 Å². The fourth-order valence-electron chi connectivity index (χ4n) is 1.62. The van der Waals surface area contributed by atoms with Crippen molar-refractivity contribution in [1.29, 1.82) is 0 Å². The van der Waals surface area contributed by atoms with E-state index in [4.69, 9.17) is 3.63 Å². The minimum atomic E-state index is 1.15. The summed E-state index contributed by atoms with van der Waals surface area (Å²) < 4.78 is 5.51. The maximum atomic E-state index is 5.51. The van der Waals surface area contributed by atoms with Gasteiger partial charge in [0.15, 0.2) is 0 Å². The third-order valence-corrected chi connectivity index (χ3v) is 5.82. The Labute approximate surface area is 138 Å². The second-order valence-corrected chi connectivity index (χ2v) is 8.33. The zero-order valence-corrected chi connectivity index (χ0v) is 15.8. The van der Waals surface area contributed by atoms with Crippen LogP contribution in [0.1, 0.15) is 51.4 Å². The lowest BCUT2D eigenvalue weighted by Crippen LogP contribution is -1.85. The molecule has 0 aromatic heterocycles. The molecule has 0 amide bonds. The summed E-state index contributed by atoms with van der Waals surface area (Å²) >= 11 is 7.19. The second-order valence-electron chi connectivity index (χ2n) is 4.53. The summed E-state index contributed by atoms with van der Waals surface area (Å²) in [7, 11) is 0. The highest BCUT2D eigenvalue weighted by Crippen LogP contribution is 2.19. The predicted octanol–water partition coefficient (Wildman–Crippen LogP) is 6.15. The normalized spacial score (nSPS) is 11.1. The second kappa shape index (κ2) is 19.4. The molecule has 116 valence electrons. The highest BCUT2D eigenvalue weighted by molar-refractivity contribution is 8.07. The van der Waals surface area contributed by atoms with Crippen LogP contribution in [0.4, 0.5) is 0 Å². The van der Waals surface area contributed by atoms with Crippen LogP contribution in [0, 0.1) is 0 Å². The zero-order valence-electron chi connectivity index (χ0n) is 12.5. The van der Waals surface area contributed by atoms with Crippen molar-refractivity contribution in [3.8, 4) is 0 Å². The molecule has 0 spiro atoms. The molecule has 0 radical (unpaired) electrons. The first kappa shape index (κ1) is 20.4. The van der Waals surface area contributed by atoms with Crippen molar-refractivity contribution < 1.29 is 3.63 Å². The molecule has 1 nitrogen and oxygen atoms in total. The molecule has 0 unspecified atom stereocenters. The molecule has 0 fully saturated rings. The van der Waals surface area contributed by atoms with Gasteiger partial charge in [0.05, 0.1) is 0 Å². The Balaban J connectivity index is 2.88. The Morgan fingerprint density at radius 1 is 0.526 bits per heavy atom. The van der Waals surface area contributed by atoms with E-state index in [-0.39, 0.29) is 0 Å². The number of unbranched alkanes of at least 4 members (excludes halogenated alkanes) is 6. The van der Waals surface area contributed by atoms with Gasteiger partial charge in [-0.15, -0.1) is 0 Å². The summed E-state index contributed by atoms with van der Waals surface area (Å²) in [5.41, 5.74) is 0. The smallest absolute Gasteiger partial charge is 0.0210 e. The maximum absolute atomic E-state index is 5.51. The first-order valence-electron chi connectivity index (χ1n) is 7.30. The van der Waals surface area contributed by atoms with Gasteiger partial charge in [0.25, 0.3) is 0 Å². The Morgan fingerprint density at radius 3 is 1.26 bits per heavy atom. The van der Waals surface area contributed by atoms with E-state index < -0.39 is 0 Å². The molecule has 0 aliphatic rings. The largest absolute Gasteiger partial charge is 0.247 e. The van der Waals surface area contributed by atoms with Crippen molar-refractivity contribution in [3.05, 3.63) is 0 Å². The molecule has 0 aliphatic carbocycles. The molecule has 0 bridgehead atoms. The Hall–Kier alpha value is 1.36. The average molecular weight is 343 g/mol. The van der Waals surface area contributed by atoms with Crippen molar-refractivity contribution in [3.63, 3.8) is 0 Å². The lowest BCUT2D eigenvalue weighted by atomic mass is 10.2. The summed E-state index contributed by atoms with van der Waals surface area (Å²) in [6.07, 6.45) is 15.2. The molecule has 0 atom stereocenters. The van der Waals surface area contributed by atoms with E-state index in [9.17, 15) is 0 Å². The Bertz CT molecular complexity index is 142. The van der Waals surface area contributed by atoms with Crippen molar-refractivity contribution in [2.45, 2.75) is 51.4 Å². The van der Waals surface area contributed by atoms with Gasteiger partial charge in [0, 0.05) is 35.6 Å². The lowest BCUT2D eigenvalue weighted by molar-refractivity contribution is 0.687. The monoisotopic (exact) mass is 342 g/mol. The summed E-state index contributed by atoms with van der Waals surface area (Å²) in [5, 5.41) is 0. The fraction of sp³-hybridized carbons (Fsp3) is 1.00. The van der Waals surface area contributed by atoms with Gasteiger partial charge in [-0.1, -0.05) is 25.7 Å². The lowest BCUT2D eigenvalue weighted by Gasteiger charge is -2.02. The van der Waals surface area contributed by atoms with Gasteiger partial charge in [-0.05, 0) is 49.7 Å². The van der Waals surface area contributed by atoms with E-state index in [0.29, 0.717) is 0 Å². The third-order valence-electron chi connectivity index (χ3n) is 2.75. The van der Waals surface area contributed by atoms with Gasteiger partial charge >= 0.3 is 0 Å². The zero-order chi connectivity index (χ0) is 14.0. The molecule has 0 aliphatic heterocycles. The molecule has 0 rings (SSSR count). The van der Waals surface area contributed by atoms with E-state index in [2.05, 4.69) is 12.5 Å². The molecule has 0 aromatic carbocycles. The van der Waals surface area contributed by atoms with Gasteiger partial charge < -0.3 is 0 Å². The molecule has 0 saturated heterocycles. The quantitative estimate of drug-likeness (QED) is 0.245. The number of thioether (sulfide) groups is 2. The van der Waals surface area contributed by atoms with Crippen LogP contribution in [-0.4, -0.2) is 35.5 Å². The van der Waals surface area contributed by atoms with Crippen LogP contribution in [0.2, 0.25) is 0 Å². The number of hydrogen-bond donors (Lipinski definition) is 0. The fourth-order valence-corrected chi connectivity index (χ4v) is 4.07. The Kier molecular flexibility index (Phi) is 20.7. The molecule has 19 heavy (non-hydrogen) atoms. The molecule has 0 N–H and O–H groups in total. The molecule has 0 aromatic rings. The predicted molar refractivity (Wildman–Crippen MR) is 99.7 cm³/mol. The summed E-state index contributed by atoms with van der Waals surface area (Å²) in [6, 6.07) is 0. The molecular weight excluding hydrogens is 312 g/mol. The van der Waals surface area contributed by atoms with Crippen LogP contribution in [0.3, 0.4) is 0 Å². The number of hydrogen-bond acceptors (Lipinski definition) is 5. The van der Waals surface area contributed by atoms with Crippen LogP contribution in [-0.2, 0) is 3.63 Å². The van der Waals surface area contributed by atoms with Gasteiger partial charge in [-0.3, -0.25) is 0 Å². The Morgan fingerprint density at radius 2 is 0.895 bits per heavy atom. The van der Waals surface area contributed by atoms with Crippen LogP contribution < -0.4 is 0 Å². The van der Waals surface area contributed by atoms with Crippen LogP contribution in [0.5, 0.6) is 0 Å². The van der Waals surface area contributed by atoms with Gasteiger partial charge in [-0.25, -0.2) is 3.63 Å². The van der Waals surface area contributed by atoms with Crippen molar-refractivity contribution in [2.24, 2.45) is 0 Å². The van der Waals surface area contributed by atoms with E-state index in [0.717, 1.165) is 11.5 Å². The van der Waals surface area contributed by atoms with E-state index in [1.165, 1.54) is 62.9 Å². The molecule has 0 heterocycles. The van der Waals surface area contributed by atoms with Gasteiger partial charge in [-0.2, -0.15) is 23.5 Å². The van der Waals surface area contributed by atoms with E-state index in [1.807, 2.05) is 23.5 Å². The third kappa shape index (κ3) is 19.4. The standard InChI is InChI=1S/C14H30OS4/c1-16-11-7-3-5-9-13-18-15-19-14-10-6-4-8-12-17-2/h3-14H2,1-2H3.